The van der Waals surface area contributed by atoms with Gasteiger partial charge in [-0.15, -0.1) is 0 Å². The molecule has 0 fully saturated rings. The van der Waals surface area contributed by atoms with Crippen LogP contribution in [0.5, 0.6) is 0 Å². The van der Waals surface area contributed by atoms with E-state index in [-0.39, 0.29) is 23.0 Å². The SMILES string of the molecule is CC(C)c1cc(C(=O)N2Cc3cnc(C(C)(C)C)nc3C2)on1. The molecule has 0 radical (unpaired) electrons. The summed E-state index contributed by atoms with van der Waals surface area (Å²) in [6, 6.07) is 1.72. The molecule has 2 aromatic heterocycles. The summed E-state index contributed by atoms with van der Waals surface area (Å²) < 4.78 is 5.20. The van der Waals surface area contributed by atoms with Crippen molar-refractivity contribution in [3.8, 4) is 0 Å². The Morgan fingerprint density at radius 1 is 1.30 bits per heavy atom. The lowest BCUT2D eigenvalue weighted by atomic mass is 9.95. The van der Waals surface area contributed by atoms with E-state index in [4.69, 9.17) is 4.52 Å². The molecule has 6 heteroatoms. The molecule has 0 saturated heterocycles. The lowest BCUT2D eigenvalue weighted by Crippen LogP contribution is -2.25. The molecule has 0 bridgehead atoms. The summed E-state index contributed by atoms with van der Waals surface area (Å²) in [4.78, 5) is 23.4. The van der Waals surface area contributed by atoms with Gasteiger partial charge < -0.3 is 9.42 Å². The van der Waals surface area contributed by atoms with Crippen LogP contribution in [0, 0.1) is 0 Å². The van der Waals surface area contributed by atoms with E-state index >= 15 is 0 Å². The molecule has 3 rings (SSSR count). The van der Waals surface area contributed by atoms with Gasteiger partial charge >= 0.3 is 0 Å². The summed E-state index contributed by atoms with van der Waals surface area (Å²) in [5.41, 5.74) is 2.60. The van der Waals surface area contributed by atoms with Crippen molar-refractivity contribution in [2.75, 3.05) is 0 Å². The maximum absolute atomic E-state index is 12.6. The van der Waals surface area contributed by atoms with Crippen LogP contribution in [0.1, 0.15) is 73.9 Å². The van der Waals surface area contributed by atoms with Crippen molar-refractivity contribution in [1.29, 1.82) is 0 Å². The van der Waals surface area contributed by atoms with Crippen molar-refractivity contribution in [2.45, 2.75) is 59.0 Å². The van der Waals surface area contributed by atoms with E-state index in [2.05, 4.69) is 35.9 Å². The molecule has 122 valence electrons. The quantitative estimate of drug-likeness (QED) is 0.852. The molecule has 0 aliphatic carbocycles. The summed E-state index contributed by atoms with van der Waals surface area (Å²) in [5.74, 6) is 1.16. The molecular weight excluding hydrogens is 292 g/mol. The number of rotatable bonds is 2. The Balaban J connectivity index is 1.79. The van der Waals surface area contributed by atoms with Gasteiger partial charge in [0.25, 0.3) is 5.91 Å². The molecule has 0 atom stereocenters. The monoisotopic (exact) mass is 314 g/mol. The molecule has 2 aromatic rings. The van der Waals surface area contributed by atoms with E-state index < -0.39 is 0 Å². The molecule has 0 spiro atoms. The first-order valence-electron chi connectivity index (χ1n) is 7.87. The van der Waals surface area contributed by atoms with Crippen LogP contribution >= 0.6 is 0 Å². The third-order valence-corrected chi connectivity index (χ3v) is 3.94. The highest BCUT2D eigenvalue weighted by Crippen LogP contribution is 2.26. The van der Waals surface area contributed by atoms with E-state index in [0.717, 1.165) is 22.8 Å². The maximum Gasteiger partial charge on any atom is 0.293 e. The Labute approximate surface area is 135 Å². The number of hydrogen-bond acceptors (Lipinski definition) is 5. The second-order valence-corrected chi connectivity index (χ2v) is 7.35. The average molecular weight is 314 g/mol. The predicted octanol–water partition coefficient (Wildman–Crippen LogP) is 3.04. The molecule has 3 heterocycles. The van der Waals surface area contributed by atoms with Crippen LogP contribution in [0.3, 0.4) is 0 Å². The Bertz CT molecular complexity index is 743. The number of fused-ring (bicyclic) bond motifs is 1. The van der Waals surface area contributed by atoms with Crippen LogP contribution < -0.4 is 0 Å². The Morgan fingerprint density at radius 2 is 2.04 bits per heavy atom. The molecule has 1 amide bonds. The van der Waals surface area contributed by atoms with E-state index in [0.29, 0.717) is 13.1 Å². The van der Waals surface area contributed by atoms with Crippen molar-refractivity contribution in [1.82, 2.24) is 20.0 Å². The van der Waals surface area contributed by atoms with Crippen molar-refractivity contribution in [3.05, 3.63) is 40.8 Å². The molecule has 23 heavy (non-hydrogen) atoms. The minimum Gasteiger partial charge on any atom is -0.351 e. The zero-order valence-electron chi connectivity index (χ0n) is 14.3. The van der Waals surface area contributed by atoms with Crippen LogP contribution in [-0.2, 0) is 18.5 Å². The van der Waals surface area contributed by atoms with Crippen molar-refractivity contribution in [3.63, 3.8) is 0 Å². The van der Waals surface area contributed by atoms with Gasteiger partial charge in [-0.25, -0.2) is 9.97 Å². The molecule has 1 aliphatic rings. The van der Waals surface area contributed by atoms with Crippen LogP contribution in [0.15, 0.2) is 16.8 Å². The first-order chi connectivity index (χ1) is 10.8. The first kappa shape index (κ1) is 15.6. The maximum atomic E-state index is 12.6. The molecule has 1 aliphatic heterocycles. The van der Waals surface area contributed by atoms with Crippen LogP contribution in [0.25, 0.3) is 0 Å². The second kappa shape index (κ2) is 5.44. The number of nitrogens with zero attached hydrogens (tertiary/aromatic N) is 4. The lowest BCUT2D eigenvalue weighted by Gasteiger charge is -2.16. The zero-order chi connectivity index (χ0) is 16.8. The highest BCUT2D eigenvalue weighted by atomic mass is 16.5. The fraction of sp³-hybridized carbons (Fsp3) is 0.529. The second-order valence-electron chi connectivity index (χ2n) is 7.35. The Hall–Kier alpha value is -2.24. The predicted molar refractivity (Wildman–Crippen MR) is 84.9 cm³/mol. The number of carbonyl (C=O) groups excluding carboxylic acids is 1. The Morgan fingerprint density at radius 3 is 2.65 bits per heavy atom. The van der Waals surface area contributed by atoms with Gasteiger partial charge in [-0.05, 0) is 5.92 Å². The van der Waals surface area contributed by atoms with Gasteiger partial charge in [0.05, 0.1) is 17.9 Å². The van der Waals surface area contributed by atoms with Gasteiger partial charge in [-0.1, -0.05) is 39.8 Å². The fourth-order valence-corrected chi connectivity index (χ4v) is 2.48. The third-order valence-electron chi connectivity index (χ3n) is 3.94. The van der Waals surface area contributed by atoms with Gasteiger partial charge in [0.15, 0.2) is 0 Å². The number of carbonyl (C=O) groups is 1. The molecule has 0 aromatic carbocycles. The summed E-state index contributed by atoms with van der Waals surface area (Å²) in [5, 5.41) is 3.95. The number of hydrogen-bond donors (Lipinski definition) is 0. The van der Waals surface area contributed by atoms with E-state index in [1.807, 2.05) is 20.0 Å². The third kappa shape index (κ3) is 2.98. The van der Waals surface area contributed by atoms with Crippen LogP contribution in [0.4, 0.5) is 0 Å². The first-order valence-corrected chi connectivity index (χ1v) is 7.87. The molecule has 6 nitrogen and oxygen atoms in total. The van der Waals surface area contributed by atoms with Gasteiger partial charge in [-0.3, -0.25) is 4.79 Å². The summed E-state index contributed by atoms with van der Waals surface area (Å²) in [7, 11) is 0. The molecular formula is C17H22N4O2. The minimum absolute atomic E-state index is 0.108. The van der Waals surface area contributed by atoms with Crippen LogP contribution in [-0.4, -0.2) is 25.9 Å². The van der Waals surface area contributed by atoms with E-state index in [1.165, 1.54) is 0 Å². The van der Waals surface area contributed by atoms with E-state index in [1.54, 1.807) is 11.0 Å². The van der Waals surface area contributed by atoms with E-state index in [9.17, 15) is 4.79 Å². The summed E-state index contributed by atoms with van der Waals surface area (Å²) in [6.07, 6.45) is 1.83. The summed E-state index contributed by atoms with van der Waals surface area (Å²) in [6.45, 7) is 11.3. The lowest BCUT2D eigenvalue weighted by molar-refractivity contribution is 0.0708. The summed E-state index contributed by atoms with van der Waals surface area (Å²) >= 11 is 0. The largest absolute Gasteiger partial charge is 0.351 e. The normalized spacial score (nSPS) is 14.4. The van der Waals surface area contributed by atoms with Gasteiger partial charge in [0.2, 0.25) is 5.76 Å². The fourth-order valence-electron chi connectivity index (χ4n) is 2.48. The zero-order valence-corrected chi connectivity index (χ0v) is 14.3. The molecule has 0 saturated carbocycles. The Kier molecular flexibility index (Phi) is 3.70. The molecule has 0 N–H and O–H groups in total. The standard InChI is InChI=1S/C17H22N4O2/c1-10(2)12-6-14(23-20-12)15(22)21-8-11-7-18-16(17(3,4)5)19-13(11)9-21/h6-7,10H,8-9H2,1-5H3. The van der Waals surface area contributed by atoms with Crippen molar-refractivity contribution in [2.24, 2.45) is 0 Å². The highest BCUT2D eigenvalue weighted by molar-refractivity contribution is 5.91. The van der Waals surface area contributed by atoms with Gasteiger partial charge in [0.1, 0.15) is 5.82 Å². The van der Waals surface area contributed by atoms with Crippen LogP contribution in [0.2, 0.25) is 0 Å². The smallest absolute Gasteiger partial charge is 0.293 e. The minimum atomic E-state index is -0.153. The van der Waals surface area contributed by atoms with Crippen molar-refractivity contribution < 1.29 is 9.32 Å². The van der Waals surface area contributed by atoms with Gasteiger partial charge in [0, 0.05) is 29.8 Å². The van der Waals surface area contributed by atoms with Gasteiger partial charge in [-0.2, -0.15) is 0 Å². The number of aromatic nitrogens is 3. The highest BCUT2D eigenvalue weighted by Gasteiger charge is 2.30. The topological polar surface area (TPSA) is 72.1 Å². The molecule has 0 unspecified atom stereocenters. The van der Waals surface area contributed by atoms with Crippen molar-refractivity contribution >= 4 is 5.91 Å². The number of amides is 1. The average Bonchev–Trinajstić information content (AvgIpc) is 3.11.